The van der Waals surface area contributed by atoms with Crippen molar-refractivity contribution in [2.24, 2.45) is 4.99 Å². The van der Waals surface area contributed by atoms with E-state index in [2.05, 4.69) is 17.2 Å². The number of guanidine groups is 1. The number of rotatable bonds is 8. The van der Waals surface area contributed by atoms with Gasteiger partial charge in [-0.2, -0.15) is 0 Å². The maximum atomic E-state index is 10.2. The minimum absolute atomic E-state index is 0.130. The molecule has 0 saturated carbocycles. The molecule has 0 radical (unpaired) electrons. The maximum Gasteiger partial charge on any atom is 0.194 e. The largest absolute Gasteiger partial charge is 0.504 e. The first-order valence-corrected chi connectivity index (χ1v) is 9.09. The second kappa shape index (κ2) is 10.3. The molecule has 2 N–H and O–H groups in total. The van der Waals surface area contributed by atoms with Crippen molar-refractivity contribution >= 4 is 5.96 Å². The van der Waals surface area contributed by atoms with E-state index >= 15 is 0 Å². The zero-order chi connectivity index (χ0) is 19.6. The third-order valence-electron chi connectivity index (χ3n) is 4.11. The normalized spacial score (nSPS) is 11.2. The first-order valence-electron chi connectivity index (χ1n) is 9.09. The molecule has 0 aliphatic rings. The second-order valence-electron chi connectivity index (χ2n) is 6.22. The van der Waals surface area contributed by atoms with Crippen molar-refractivity contribution < 1.29 is 14.6 Å². The van der Waals surface area contributed by atoms with Crippen LogP contribution in [-0.2, 0) is 6.54 Å². The summed E-state index contributed by atoms with van der Waals surface area (Å²) in [7, 11) is 3.50. The molecule has 2 aromatic carbocycles. The average molecular weight is 371 g/mol. The molecular weight excluding hydrogens is 342 g/mol. The molecule has 2 rings (SSSR count). The number of methoxy groups -OCH3 is 1. The van der Waals surface area contributed by atoms with Gasteiger partial charge in [0.05, 0.1) is 20.2 Å². The van der Waals surface area contributed by atoms with E-state index in [1.54, 1.807) is 6.07 Å². The average Bonchev–Trinajstić information content (AvgIpc) is 2.67. The van der Waals surface area contributed by atoms with Crippen molar-refractivity contribution in [2.45, 2.75) is 20.4 Å². The van der Waals surface area contributed by atoms with Gasteiger partial charge in [-0.15, -0.1) is 0 Å². The minimum atomic E-state index is 0.130. The molecule has 27 heavy (non-hydrogen) atoms. The Balaban J connectivity index is 1.96. The molecule has 146 valence electrons. The van der Waals surface area contributed by atoms with Crippen LogP contribution in [0.15, 0.2) is 47.5 Å². The molecule has 0 saturated heterocycles. The molecule has 0 spiro atoms. The van der Waals surface area contributed by atoms with Crippen LogP contribution in [0.4, 0.5) is 0 Å². The molecule has 0 unspecified atom stereocenters. The standard InChI is InChI=1S/C21H29N3O3/c1-5-22-21(23-15-17-7-6-8-19(26-4)20(17)25)24(3)13-14-27-18-11-9-16(2)10-12-18/h6-12,25H,5,13-15H2,1-4H3,(H,22,23). The van der Waals surface area contributed by atoms with Crippen LogP contribution in [0, 0.1) is 6.92 Å². The lowest BCUT2D eigenvalue weighted by Gasteiger charge is -2.22. The maximum absolute atomic E-state index is 10.2. The van der Waals surface area contributed by atoms with Crippen molar-refractivity contribution in [1.29, 1.82) is 0 Å². The first-order chi connectivity index (χ1) is 13.0. The number of aliphatic imine (C=N–C) groups is 1. The van der Waals surface area contributed by atoms with Crippen molar-refractivity contribution in [3.63, 3.8) is 0 Å². The molecular formula is C21H29N3O3. The van der Waals surface area contributed by atoms with E-state index in [1.165, 1.54) is 12.7 Å². The van der Waals surface area contributed by atoms with Crippen molar-refractivity contribution in [3.8, 4) is 17.2 Å². The molecule has 6 heteroatoms. The van der Waals surface area contributed by atoms with Crippen LogP contribution < -0.4 is 14.8 Å². The SMILES string of the molecule is CCNC(=NCc1cccc(OC)c1O)N(C)CCOc1ccc(C)cc1. The fraction of sp³-hybridized carbons (Fsp3) is 0.381. The smallest absolute Gasteiger partial charge is 0.194 e. The Labute approximate surface area is 161 Å². The highest BCUT2D eigenvalue weighted by Crippen LogP contribution is 2.29. The van der Waals surface area contributed by atoms with Gasteiger partial charge in [0.25, 0.3) is 0 Å². The van der Waals surface area contributed by atoms with Gasteiger partial charge in [-0.1, -0.05) is 29.8 Å². The van der Waals surface area contributed by atoms with E-state index in [4.69, 9.17) is 9.47 Å². The summed E-state index contributed by atoms with van der Waals surface area (Å²) < 4.78 is 10.9. The van der Waals surface area contributed by atoms with Gasteiger partial charge in [-0.05, 0) is 32.0 Å². The number of aryl methyl sites for hydroxylation is 1. The van der Waals surface area contributed by atoms with Crippen LogP contribution in [-0.4, -0.2) is 49.8 Å². The van der Waals surface area contributed by atoms with E-state index in [1.807, 2.05) is 55.3 Å². The molecule has 0 heterocycles. The Kier molecular flexibility index (Phi) is 7.79. The zero-order valence-electron chi connectivity index (χ0n) is 16.5. The van der Waals surface area contributed by atoms with E-state index in [0.29, 0.717) is 31.0 Å². The summed E-state index contributed by atoms with van der Waals surface area (Å²) in [6.07, 6.45) is 0. The Morgan fingerprint density at radius 1 is 1.19 bits per heavy atom. The van der Waals surface area contributed by atoms with Crippen LogP contribution in [0.2, 0.25) is 0 Å². The number of nitrogens with one attached hydrogen (secondary N) is 1. The summed E-state index contributed by atoms with van der Waals surface area (Å²) in [5.41, 5.74) is 1.93. The summed E-state index contributed by atoms with van der Waals surface area (Å²) >= 11 is 0. The molecule has 2 aromatic rings. The van der Waals surface area contributed by atoms with Gasteiger partial charge >= 0.3 is 0 Å². The summed E-state index contributed by atoms with van der Waals surface area (Å²) in [6, 6.07) is 13.4. The number of likely N-dealkylation sites (N-methyl/N-ethyl adjacent to an activating group) is 1. The Bertz CT molecular complexity index is 745. The number of para-hydroxylation sites is 1. The number of benzene rings is 2. The molecule has 0 bridgehead atoms. The molecule has 0 aliphatic heterocycles. The van der Waals surface area contributed by atoms with Crippen LogP contribution >= 0.6 is 0 Å². The summed E-state index contributed by atoms with van der Waals surface area (Å²) in [6.45, 7) is 6.42. The van der Waals surface area contributed by atoms with Crippen LogP contribution in [0.5, 0.6) is 17.2 Å². The van der Waals surface area contributed by atoms with Gasteiger partial charge in [0.15, 0.2) is 17.5 Å². The van der Waals surface area contributed by atoms with E-state index in [-0.39, 0.29) is 5.75 Å². The minimum Gasteiger partial charge on any atom is -0.504 e. The van der Waals surface area contributed by atoms with Crippen molar-refractivity contribution in [3.05, 3.63) is 53.6 Å². The zero-order valence-corrected chi connectivity index (χ0v) is 16.5. The Morgan fingerprint density at radius 3 is 2.59 bits per heavy atom. The highest BCUT2D eigenvalue weighted by Gasteiger charge is 2.09. The summed E-state index contributed by atoms with van der Waals surface area (Å²) in [5, 5.41) is 13.5. The van der Waals surface area contributed by atoms with Crippen LogP contribution in [0.3, 0.4) is 0 Å². The number of nitrogens with zero attached hydrogens (tertiary/aromatic N) is 2. The quantitative estimate of drug-likeness (QED) is 0.551. The highest BCUT2D eigenvalue weighted by molar-refractivity contribution is 5.79. The molecule has 6 nitrogen and oxygen atoms in total. The first kappa shape index (κ1) is 20.4. The van der Waals surface area contributed by atoms with Crippen LogP contribution in [0.25, 0.3) is 0 Å². The fourth-order valence-electron chi connectivity index (χ4n) is 2.53. The Morgan fingerprint density at radius 2 is 1.93 bits per heavy atom. The third-order valence-corrected chi connectivity index (χ3v) is 4.11. The predicted molar refractivity (Wildman–Crippen MR) is 109 cm³/mol. The van der Waals surface area contributed by atoms with Gasteiger partial charge < -0.3 is 24.8 Å². The number of aromatic hydroxyl groups is 1. The lowest BCUT2D eigenvalue weighted by Crippen LogP contribution is -2.40. The van der Waals surface area contributed by atoms with Crippen LogP contribution in [0.1, 0.15) is 18.1 Å². The molecule has 0 aliphatic carbocycles. The van der Waals surface area contributed by atoms with Gasteiger partial charge in [-0.25, -0.2) is 4.99 Å². The van der Waals surface area contributed by atoms with Gasteiger partial charge in [-0.3, -0.25) is 0 Å². The predicted octanol–water partition coefficient (Wildman–Crippen LogP) is 3.19. The summed E-state index contributed by atoms with van der Waals surface area (Å²) in [5.74, 6) is 2.20. The lowest BCUT2D eigenvalue weighted by molar-refractivity contribution is 0.281. The van der Waals surface area contributed by atoms with Crippen molar-refractivity contribution in [1.82, 2.24) is 10.2 Å². The fourth-order valence-corrected chi connectivity index (χ4v) is 2.53. The number of phenols is 1. The van der Waals surface area contributed by atoms with E-state index in [0.717, 1.165) is 18.3 Å². The summed E-state index contributed by atoms with van der Waals surface area (Å²) in [4.78, 5) is 6.63. The number of hydrogen-bond donors (Lipinski definition) is 2. The molecule has 0 aromatic heterocycles. The number of hydrogen-bond acceptors (Lipinski definition) is 4. The van der Waals surface area contributed by atoms with Gasteiger partial charge in [0, 0.05) is 19.2 Å². The van der Waals surface area contributed by atoms with Crippen molar-refractivity contribution in [2.75, 3.05) is 33.9 Å². The topological polar surface area (TPSA) is 66.3 Å². The second-order valence-corrected chi connectivity index (χ2v) is 6.22. The van der Waals surface area contributed by atoms with Gasteiger partial charge in [0.2, 0.25) is 0 Å². The number of phenolic OH excluding ortho intramolecular Hbond substituents is 1. The van der Waals surface area contributed by atoms with E-state index < -0.39 is 0 Å². The molecule has 0 fully saturated rings. The monoisotopic (exact) mass is 371 g/mol. The van der Waals surface area contributed by atoms with E-state index in [9.17, 15) is 5.11 Å². The number of ether oxygens (including phenoxy) is 2. The third kappa shape index (κ3) is 6.09. The highest BCUT2D eigenvalue weighted by atomic mass is 16.5. The molecule has 0 amide bonds. The Hall–Kier alpha value is -2.89. The van der Waals surface area contributed by atoms with Gasteiger partial charge in [0.1, 0.15) is 12.4 Å². The lowest BCUT2D eigenvalue weighted by atomic mass is 10.2. The molecule has 0 atom stereocenters.